The van der Waals surface area contributed by atoms with E-state index in [-0.39, 0.29) is 23.8 Å². The minimum atomic E-state index is -3.82. The van der Waals surface area contributed by atoms with Crippen molar-refractivity contribution < 1.29 is 13.2 Å². The van der Waals surface area contributed by atoms with Crippen molar-refractivity contribution >= 4 is 53.5 Å². The van der Waals surface area contributed by atoms with E-state index in [4.69, 9.17) is 0 Å². The first-order valence-corrected chi connectivity index (χ1v) is 14.1. The van der Waals surface area contributed by atoms with Crippen LogP contribution in [0.15, 0.2) is 74.5 Å². The number of carbonyl (C=O) groups excluding carboxylic acids is 1. The topological polar surface area (TPSA) is 57.7 Å². The molecule has 5 nitrogen and oxygen atoms in total. The molecule has 4 rings (SSSR count). The zero-order chi connectivity index (χ0) is 24.5. The van der Waals surface area contributed by atoms with Crippen LogP contribution in [0.25, 0.3) is 0 Å². The molecule has 0 bridgehead atoms. The minimum Gasteiger partial charge on any atom is -0.338 e. The smallest absolute Gasteiger partial charge is 0.264 e. The largest absolute Gasteiger partial charge is 0.338 e. The second-order valence-corrected chi connectivity index (χ2v) is 12.1. The zero-order valence-corrected chi connectivity index (χ0v) is 23.1. The number of fused-ring (bicyclic) bond motifs is 1. The molecule has 178 valence electrons. The van der Waals surface area contributed by atoms with Crippen molar-refractivity contribution in [1.82, 2.24) is 4.90 Å². The molecule has 0 atom stereocenters. The van der Waals surface area contributed by atoms with Crippen LogP contribution in [0.4, 0.5) is 5.69 Å². The zero-order valence-electron chi connectivity index (χ0n) is 19.1. The summed E-state index contributed by atoms with van der Waals surface area (Å²) < 4.78 is 30.4. The maximum Gasteiger partial charge on any atom is 0.264 e. The van der Waals surface area contributed by atoms with Crippen LogP contribution in [0.3, 0.4) is 0 Å². The first-order chi connectivity index (χ1) is 16.1. The van der Waals surface area contributed by atoms with Crippen LogP contribution >= 0.6 is 31.9 Å². The van der Waals surface area contributed by atoms with Crippen LogP contribution in [-0.2, 0) is 27.8 Å². The summed E-state index contributed by atoms with van der Waals surface area (Å²) in [6, 6.07) is 18.3. The predicted octanol–water partition coefficient (Wildman–Crippen LogP) is 6.00. The van der Waals surface area contributed by atoms with E-state index in [1.165, 1.54) is 9.87 Å². The van der Waals surface area contributed by atoms with E-state index in [0.29, 0.717) is 18.8 Å². The van der Waals surface area contributed by atoms with Crippen LogP contribution in [0, 0.1) is 13.8 Å². The van der Waals surface area contributed by atoms with Gasteiger partial charge in [0.05, 0.1) is 10.6 Å². The summed E-state index contributed by atoms with van der Waals surface area (Å²) >= 11 is 7.07. The molecule has 1 heterocycles. The van der Waals surface area contributed by atoms with Gasteiger partial charge in [0.25, 0.3) is 10.0 Å². The number of carbonyl (C=O) groups is 1. The van der Waals surface area contributed by atoms with E-state index in [9.17, 15) is 13.2 Å². The predicted molar refractivity (Wildman–Crippen MR) is 142 cm³/mol. The molecular formula is C26H26Br2N2O3S. The van der Waals surface area contributed by atoms with Gasteiger partial charge in [-0.1, -0.05) is 35.4 Å². The molecule has 8 heteroatoms. The Morgan fingerprint density at radius 3 is 2.09 bits per heavy atom. The average Bonchev–Trinajstić information content (AvgIpc) is 2.81. The molecule has 0 saturated heterocycles. The molecule has 0 fully saturated rings. The summed E-state index contributed by atoms with van der Waals surface area (Å²) in [4.78, 5) is 15.2. The van der Waals surface area contributed by atoms with Gasteiger partial charge in [-0.3, -0.25) is 9.10 Å². The Morgan fingerprint density at radius 2 is 1.47 bits per heavy atom. The number of amides is 1. The third kappa shape index (κ3) is 5.39. The lowest BCUT2D eigenvalue weighted by molar-refractivity contribution is -0.131. The molecule has 0 radical (unpaired) electrons. The second-order valence-electron chi connectivity index (χ2n) is 8.58. The quantitative estimate of drug-likeness (QED) is 0.346. The third-order valence-corrected chi connectivity index (χ3v) is 9.75. The third-order valence-electron chi connectivity index (χ3n) is 6.07. The normalized spacial score (nSPS) is 13.5. The fraction of sp³-hybridized carbons (Fsp3) is 0.269. The van der Waals surface area contributed by atoms with Crippen LogP contribution < -0.4 is 4.31 Å². The van der Waals surface area contributed by atoms with Gasteiger partial charge in [0.2, 0.25) is 5.91 Å². The van der Waals surface area contributed by atoms with E-state index in [0.717, 1.165) is 32.1 Å². The van der Waals surface area contributed by atoms with Crippen LogP contribution in [-0.4, -0.2) is 32.3 Å². The SMILES string of the molecule is Cc1ccc(N(CCC(=O)N2CCc3cc(Br)c(Br)cc3C2)S(=O)(=O)c2ccc(C)cc2)cc1. The summed E-state index contributed by atoms with van der Waals surface area (Å²) in [7, 11) is -3.82. The molecule has 3 aromatic rings. The van der Waals surface area contributed by atoms with Gasteiger partial charge in [-0.25, -0.2) is 8.42 Å². The molecule has 34 heavy (non-hydrogen) atoms. The first kappa shape index (κ1) is 24.9. The van der Waals surface area contributed by atoms with Crippen LogP contribution in [0.2, 0.25) is 0 Å². The van der Waals surface area contributed by atoms with Crippen molar-refractivity contribution in [2.75, 3.05) is 17.4 Å². The van der Waals surface area contributed by atoms with Gasteiger partial charge in [-0.2, -0.15) is 0 Å². The maximum absolute atomic E-state index is 13.5. The summed E-state index contributed by atoms with van der Waals surface area (Å²) in [6.45, 7) is 5.09. The highest BCUT2D eigenvalue weighted by molar-refractivity contribution is 9.13. The number of rotatable bonds is 6. The highest BCUT2D eigenvalue weighted by Gasteiger charge is 2.27. The number of anilines is 1. The van der Waals surface area contributed by atoms with Gasteiger partial charge in [0.1, 0.15) is 0 Å². The Labute approximate surface area is 218 Å². The van der Waals surface area contributed by atoms with E-state index in [1.807, 2.05) is 36.9 Å². The van der Waals surface area contributed by atoms with E-state index in [1.54, 1.807) is 36.4 Å². The fourth-order valence-corrected chi connectivity index (χ4v) is 6.30. The fourth-order valence-electron chi connectivity index (χ4n) is 4.05. The summed E-state index contributed by atoms with van der Waals surface area (Å²) in [5.41, 5.74) is 4.91. The van der Waals surface area contributed by atoms with Crippen molar-refractivity contribution in [3.63, 3.8) is 0 Å². The standard InChI is InChI=1S/C26H26Br2N2O3S/c1-18-3-7-22(8-4-18)30(34(32,33)23-9-5-19(2)6-10-23)14-12-26(31)29-13-11-20-15-24(27)25(28)16-21(20)17-29/h3-10,15-16H,11-14,17H2,1-2H3. The van der Waals surface area contributed by atoms with Gasteiger partial charge >= 0.3 is 0 Å². The first-order valence-electron chi connectivity index (χ1n) is 11.1. The molecule has 1 amide bonds. The molecule has 0 unspecified atom stereocenters. The van der Waals surface area contributed by atoms with Crippen LogP contribution in [0.1, 0.15) is 28.7 Å². The molecule has 1 aliphatic rings. The highest BCUT2D eigenvalue weighted by Crippen LogP contribution is 2.30. The molecular weight excluding hydrogens is 580 g/mol. The number of hydrogen-bond acceptors (Lipinski definition) is 3. The number of halogens is 2. The Kier molecular flexibility index (Phi) is 7.50. The van der Waals surface area contributed by atoms with Gasteiger partial charge in [-0.15, -0.1) is 0 Å². The van der Waals surface area contributed by atoms with E-state index in [2.05, 4.69) is 37.9 Å². The minimum absolute atomic E-state index is 0.0547. The van der Waals surface area contributed by atoms with E-state index >= 15 is 0 Å². The molecule has 0 aliphatic carbocycles. The number of nitrogens with zero attached hydrogens (tertiary/aromatic N) is 2. The van der Waals surface area contributed by atoms with Gasteiger partial charge in [0.15, 0.2) is 0 Å². The van der Waals surface area contributed by atoms with Gasteiger partial charge in [0, 0.05) is 35.0 Å². The maximum atomic E-state index is 13.5. The second kappa shape index (κ2) is 10.2. The lowest BCUT2D eigenvalue weighted by Crippen LogP contribution is -2.39. The van der Waals surface area contributed by atoms with Crippen molar-refractivity contribution in [1.29, 1.82) is 0 Å². The van der Waals surface area contributed by atoms with Crippen molar-refractivity contribution in [3.8, 4) is 0 Å². The number of hydrogen-bond donors (Lipinski definition) is 0. The lowest BCUT2D eigenvalue weighted by Gasteiger charge is -2.31. The van der Waals surface area contributed by atoms with Crippen molar-refractivity contribution in [2.24, 2.45) is 0 Å². The Balaban J connectivity index is 1.55. The number of sulfonamides is 1. The highest BCUT2D eigenvalue weighted by atomic mass is 79.9. The molecule has 1 aliphatic heterocycles. The molecule has 0 aromatic heterocycles. The number of aryl methyl sites for hydroxylation is 2. The van der Waals surface area contributed by atoms with Crippen molar-refractivity contribution in [3.05, 3.63) is 91.9 Å². The molecule has 0 saturated carbocycles. The lowest BCUT2D eigenvalue weighted by atomic mass is 10.00. The summed E-state index contributed by atoms with van der Waals surface area (Å²) in [6.07, 6.45) is 0.877. The number of benzene rings is 3. The Morgan fingerprint density at radius 1 is 0.912 bits per heavy atom. The summed E-state index contributed by atoms with van der Waals surface area (Å²) in [5, 5.41) is 0. The summed E-state index contributed by atoms with van der Waals surface area (Å²) in [5.74, 6) is -0.0547. The van der Waals surface area contributed by atoms with E-state index < -0.39 is 10.0 Å². The molecule has 0 N–H and O–H groups in total. The Hall–Kier alpha value is -2.16. The molecule has 3 aromatic carbocycles. The molecule has 0 spiro atoms. The monoisotopic (exact) mass is 604 g/mol. The Bertz CT molecular complexity index is 1310. The average molecular weight is 606 g/mol. The van der Waals surface area contributed by atoms with Crippen LogP contribution in [0.5, 0.6) is 0 Å². The van der Waals surface area contributed by atoms with Crippen molar-refractivity contribution in [2.45, 2.75) is 38.1 Å². The van der Waals surface area contributed by atoms with Gasteiger partial charge < -0.3 is 4.90 Å². The van der Waals surface area contributed by atoms with Gasteiger partial charge in [-0.05, 0) is 99.7 Å².